The van der Waals surface area contributed by atoms with Crippen LogP contribution in [0.4, 0.5) is 0 Å². The van der Waals surface area contributed by atoms with Crippen molar-refractivity contribution in [2.75, 3.05) is 46.1 Å². The summed E-state index contributed by atoms with van der Waals surface area (Å²) < 4.78 is 20.4. The Labute approximate surface area is 184 Å². The SMILES string of the molecule is CCCn1c(=O)[nH]c(=O)c2c1nc(-c1ccc3c(c1)OCCO3)n2CC[NH+]1CCOCC1. The van der Waals surface area contributed by atoms with Crippen LogP contribution in [0, 0.1) is 0 Å². The second-order valence-electron chi connectivity index (χ2n) is 8.14. The molecule has 170 valence electrons. The van der Waals surface area contributed by atoms with Gasteiger partial charge in [0.05, 0.1) is 26.3 Å². The molecule has 2 aromatic heterocycles. The summed E-state index contributed by atoms with van der Waals surface area (Å²) in [4.78, 5) is 34.1. The number of nitrogens with zero attached hydrogens (tertiary/aromatic N) is 3. The molecule has 10 nitrogen and oxygen atoms in total. The predicted octanol–water partition coefficient (Wildman–Crippen LogP) is -0.350. The van der Waals surface area contributed by atoms with Crippen molar-refractivity contribution < 1.29 is 19.1 Å². The fraction of sp³-hybridized carbons (Fsp3) is 0.500. The van der Waals surface area contributed by atoms with E-state index in [-0.39, 0.29) is 0 Å². The molecule has 32 heavy (non-hydrogen) atoms. The smallest absolute Gasteiger partial charge is 0.330 e. The van der Waals surface area contributed by atoms with Gasteiger partial charge < -0.3 is 23.7 Å². The third kappa shape index (κ3) is 3.80. The summed E-state index contributed by atoms with van der Waals surface area (Å²) in [5.74, 6) is 2.00. The highest BCUT2D eigenvalue weighted by atomic mass is 16.6. The average molecular weight is 442 g/mol. The molecule has 0 spiro atoms. The van der Waals surface area contributed by atoms with Crippen LogP contribution in [0.3, 0.4) is 0 Å². The molecule has 2 aliphatic rings. The fourth-order valence-corrected chi connectivity index (χ4v) is 4.40. The minimum absolute atomic E-state index is 0.411. The van der Waals surface area contributed by atoms with Gasteiger partial charge in [-0.15, -0.1) is 0 Å². The molecule has 0 unspecified atom stereocenters. The lowest BCUT2D eigenvalue weighted by atomic mass is 10.2. The first-order valence-corrected chi connectivity index (χ1v) is 11.2. The average Bonchev–Trinajstić information content (AvgIpc) is 3.20. The molecule has 0 amide bonds. The maximum Gasteiger partial charge on any atom is 0.330 e. The Morgan fingerprint density at radius 2 is 1.81 bits per heavy atom. The van der Waals surface area contributed by atoms with Crippen molar-refractivity contribution in [3.05, 3.63) is 39.0 Å². The van der Waals surface area contributed by atoms with Crippen LogP contribution in [0.25, 0.3) is 22.6 Å². The third-order valence-electron chi connectivity index (χ3n) is 6.02. The van der Waals surface area contributed by atoms with Crippen molar-refractivity contribution in [1.29, 1.82) is 0 Å². The van der Waals surface area contributed by atoms with Gasteiger partial charge in [0.2, 0.25) is 0 Å². The van der Waals surface area contributed by atoms with Gasteiger partial charge in [-0.3, -0.25) is 14.3 Å². The fourth-order valence-electron chi connectivity index (χ4n) is 4.40. The van der Waals surface area contributed by atoms with Gasteiger partial charge in [-0.25, -0.2) is 9.78 Å². The number of hydrogen-bond acceptors (Lipinski definition) is 6. The number of imidazole rings is 1. The second kappa shape index (κ2) is 8.79. The van der Waals surface area contributed by atoms with Gasteiger partial charge in [-0.2, -0.15) is 0 Å². The van der Waals surface area contributed by atoms with Crippen LogP contribution in [-0.4, -0.2) is 65.2 Å². The second-order valence-corrected chi connectivity index (χ2v) is 8.14. The molecule has 0 saturated carbocycles. The van der Waals surface area contributed by atoms with Crippen LogP contribution in [0.5, 0.6) is 11.5 Å². The molecule has 5 rings (SSSR count). The summed E-state index contributed by atoms with van der Waals surface area (Å²) in [5, 5.41) is 0. The van der Waals surface area contributed by atoms with Crippen LogP contribution in [0.15, 0.2) is 27.8 Å². The summed E-state index contributed by atoms with van der Waals surface area (Å²) in [7, 11) is 0. The van der Waals surface area contributed by atoms with E-state index in [1.807, 2.05) is 29.7 Å². The van der Waals surface area contributed by atoms with Crippen molar-refractivity contribution >= 4 is 11.2 Å². The van der Waals surface area contributed by atoms with Gasteiger partial charge in [0.1, 0.15) is 32.1 Å². The van der Waals surface area contributed by atoms with E-state index in [1.54, 1.807) is 4.57 Å². The highest BCUT2D eigenvalue weighted by Crippen LogP contribution is 2.34. The maximum atomic E-state index is 12.9. The third-order valence-corrected chi connectivity index (χ3v) is 6.02. The van der Waals surface area contributed by atoms with Crippen LogP contribution in [-0.2, 0) is 17.8 Å². The first kappa shape index (κ1) is 20.8. The standard InChI is InChI=1S/C22H27N5O5/c1-2-5-27-20-18(21(28)24-22(27)29)26(7-6-25-8-10-30-11-9-25)19(23-20)15-3-4-16-17(14-15)32-13-12-31-16/h3-4,14H,2,5-13H2,1H3,(H,24,28,29)/p+1. The Morgan fingerprint density at radius 3 is 2.59 bits per heavy atom. The van der Waals surface area contributed by atoms with Crippen molar-refractivity contribution in [1.82, 2.24) is 19.1 Å². The predicted molar refractivity (Wildman–Crippen MR) is 118 cm³/mol. The van der Waals surface area contributed by atoms with Crippen LogP contribution in [0.1, 0.15) is 13.3 Å². The minimum Gasteiger partial charge on any atom is -0.486 e. The molecule has 0 atom stereocenters. The van der Waals surface area contributed by atoms with E-state index >= 15 is 0 Å². The van der Waals surface area contributed by atoms with E-state index in [1.165, 1.54) is 4.90 Å². The summed E-state index contributed by atoms with van der Waals surface area (Å²) >= 11 is 0. The Morgan fingerprint density at radius 1 is 1.03 bits per heavy atom. The highest BCUT2D eigenvalue weighted by Gasteiger charge is 2.23. The molecule has 0 radical (unpaired) electrons. The Balaban J connectivity index is 1.64. The van der Waals surface area contributed by atoms with E-state index in [2.05, 4.69) is 4.98 Å². The summed E-state index contributed by atoms with van der Waals surface area (Å²) in [6.07, 6.45) is 0.755. The van der Waals surface area contributed by atoms with Crippen LogP contribution < -0.4 is 25.6 Å². The highest BCUT2D eigenvalue weighted by molar-refractivity contribution is 5.77. The summed E-state index contributed by atoms with van der Waals surface area (Å²) in [6.45, 7) is 8.27. The van der Waals surface area contributed by atoms with Gasteiger partial charge in [-0.1, -0.05) is 6.92 Å². The molecule has 1 fully saturated rings. The number of H-pyrrole nitrogens is 1. The molecule has 3 aromatic rings. The summed E-state index contributed by atoms with van der Waals surface area (Å²) in [5.41, 5.74) is 0.822. The number of benzene rings is 1. The maximum absolute atomic E-state index is 12.9. The number of aryl methyl sites for hydroxylation is 1. The lowest BCUT2D eigenvalue weighted by Gasteiger charge is -2.24. The van der Waals surface area contributed by atoms with Crippen LogP contribution in [0.2, 0.25) is 0 Å². The van der Waals surface area contributed by atoms with E-state index in [9.17, 15) is 9.59 Å². The lowest BCUT2D eigenvalue weighted by molar-refractivity contribution is -0.908. The Hall–Kier alpha value is -3.11. The first-order valence-electron chi connectivity index (χ1n) is 11.2. The van der Waals surface area contributed by atoms with Gasteiger partial charge >= 0.3 is 5.69 Å². The Bertz CT molecular complexity index is 1240. The van der Waals surface area contributed by atoms with Gasteiger partial charge in [0, 0.05) is 12.1 Å². The quantitative estimate of drug-likeness (QED) is 0.541. The first-order chi connectivity index (χ1) is 15.7. The molecule has 1 saturated heterocycles. The van der Waals surface area contributed by atoms with E-state index < -0.39 is 11.2 Å². The molecule has 2 aliphatic heterocycles. The zero-order valence-electron chi connectivity index (χ0n) is 18.2. The Kier molecular flexibility index (Phi) is 5.71. The van der Waals surface area contributed by atoms with E-state index in [0.29, 0.717) is 54.8 Å². The molecule has 1 aromatic carbocycles. The monoisotopic (exact) mass is 442 g/mol. The lowest BCUT2D eigenvalue weighted by Crippen LogP contribution is -3.14. The minimum atomic E-state index is -0.429. The molecule has 2 N–H and O–H groups in total. The number of aromatic nitrogens is 4. The molecule has 10 heteroatoms. The number of fused-ring (bicyclic) bond motifs is 2. The number of quaternary nitrogens is 1. The zero-order valence-corrected chi connectivity index (χ0v) is 18.2. The molecular weight excluding hydrogens is 414 g/mol. The number of rotatable bonds is 6. The topological polar surface area (TPSA) is 105 Å². The zero-order chi connectivity index (χ0) is 22.1. The molecule has 0 bridgehead atoms. The van der Waals surface area contributed by atoms with Gasteiger partial charge in [-0.05, 0) is 24.6 Å². The molecular formula is C22H28N5O5+. The number of morpholine rings is 1. The van der Waals surface area contributed by atoms with Crippen molar-refractivity contribution in [2.24, 2.45) is 0 Å². The van der Waals surface area contributed by atoms with E-state index in [4.69, 9.17) is 19.2 Å². The largest absolute Gasteiger partial charge is 0.486 e. The normalized spacial score (nSPS) is 16.5. The number of ether oxygens (including phenoxy) is 3. The van der Waals surface area contributed by atoms with Crippen molar-refractivity contribution in [2.45, 2.75) is 26.4 Å². The van der Waals surface area contributed by atoms with Gasteiger partial charge in [0.15, 0.2) is 22.7 Å². The van der Waals surface area contributed by atoms with Crippen LogP contribution >= 0.6 is 0 Å². The van der Waals surface area contributed by atoms with Crippen molar-refractivity contribution in [3.63, 3.8) is 0 Å². The van der Waals surface area contributed by atoms with Gasteiger partial charge in [0.25, 0.3) is 5.56 Å². The molecule has 0 aliphatic carbocycles. The molecule has 4 heterocycles. The summed E-state index contributed by atoms with van der Waals surface area (Å²) in [6, 6.07) is 5.68. The number of aromatic amines is 1. The number of nitrogens with one attached hydrogen (secondary N) is 2. The van der Waals surface area contributed by atoms with E-state index in [0.717, 1.165) is 44.8 Å². The van der Waals surface area contributed by atoms with Crippen molar-refractivity contribution in [3.8, 4) is 22.9 Å². The number of hydrogen-bond donors (Lipinski definition) is 2.